The first-order valence-electron chi connectivity index (χ1n) is 10.8. The number of anilines is 1. The second-order valence-electron chi connectivity index (χ2n) is 8.22. The molecule has 0 fully saturated rings. The number of sulfone groups is 1. The molecule has 1 N–H and O–H groups in total. The molecule has 0 saturated heterocycles. The van der Waals surface area contributed by atoms with Gasteiger partial charge in [-0.3, -0.25) is 4.79 Å². The van der Waals surface area contributed by atoms with Gasteiger partial charge in [0, 0.05) is 11.6 Å². The summed E-state index contributed by atoms with van der Waals surface area (Å²) < 4.78 is 42.1. The molecule has 1 aliphatic heterocycles. The largest absolute Gasteiger partial charge is 0.493 e. The van der Waals surface area contributed by atoms with E-state index in [-0.39, 0.29) is 11.5 Å². The van der Waals surface area contributed by atoms with E-state index in [1.807, 2.05) is 32.0 Å². The number of ether oxygens (including phenoxy) is 3. The van der Waals surface area contributed by atoms with Crippen molar-refractivity contribution in [3.63, 3.8) is 0 Å². The Balaban J connectivity index is 1.68. The van der Waals surface area contributed by atoms with Crippen LogP contribution in [0.3, 0.4) is 0 Å². The highest BCUT2D eigenvalue weighted by molar-refractivity contribution is 7.90. The molecule has 1 aliphatic rings. The summed E-state index contributed by atoms with van der Waals surface area (Å²) in [6, 6.07) is 9.21. The van der Waals surface area contributed by atoms with Crippen LogP contribution in [0.5, 0.6) is 17.2 Å². The van der Waals surface area contributed by atoms with Crippen LogP contribution in [-0.4, -0.2) is 45.4 Å². The lowest BCUT2D eigenvalue weighted by molar-refractivity contribution is -0.111. The van der Waals surface area contributed by atoms with Gasteiger partial charge in [-0.1, -0.05) is 12.1 Å². The van der Waals surface area contributed by atoms with E-state index >= 15 is 0 Å². The fourth-order valence-corrected chi connectivity index (χ4v) is 5.53. The summed E-state index contributed by atoms with van der Waals surface area (Å²) in [5, 5.41) is 7.39. The van der Waals surface area contributed by atoms with Crippen LogP contribution in [0, 0.1) is 13.8 Å². The quantitative estimate of drug-likeness (QED) is 0.497. The molecule has 2 heterocycles. The third-order valence-electron chi connectivity index (χ3n) is 5.95. The Hall–Kier alpha value is -3.79. The summed E-state index contributed by atoms with van der Waals surface area (Å²) in [5.41, 5.74) is 4.45. The van der Waals surface area contributed by atoms with E-state index in [0.717, 1.165) is 16.8 Å². The third kappa shape index (κ3) is 4.74. The Morgan fingerprint density at radius 1 is 1.06 bits per heavy atom. The molecule has 4 rings (SSSR count). The number of nitrogens with zero attached hydrogens (tertiary/aromatic N) is 2. The van der Waals surface area contributed by atoms with Crippen LogP contribution in [0.1, 0.15) is 27.9 Å². The second-order valence-corrected chi connectivity index (χ2v) is 10.3. The summed E-state index contributed by atoms with van der Waals surface area (Å²) in [7, 11) is 1.24. The lowest BCUT2D eigenvalue weighted by Gasteiger charge is -2.14. The Kier molecular flexibility index (Phi) is 6.58. The van der Waals surface area contributed by atoms with E-state index in [9.17, 15) is 13.2 Å². The maximum atomic E-state index is 12.9. The van der Waals surface area contributed by atoms with Crippen LogP contribution in [0.2, 0.25) is 0 Å². The number of methoxy groups -OCH3 is 3. The molecule has 2 aromatic carbocycles. The van der Waals surface area contributed by atoms with Crippen molar-refractivity contribution in [3.05, 3.63) is 64.4 Å². The average Bonchev–Trinajstić information content (AvgIpc) is 3.30. The van der Waals surface area contributed by atoms with Crippen molar-refractivity contribution in [2.24, 2.45) is 0 Å². The number of rotatable bonds is 7. The molecule has 0 spiro atoms. The molecule has 9 nitrogen and oxygen atoms in total. The van der Waals surface area contributed by atoms with Gasteiger partial charge in [0.1, 0.15) is 5.82 Å². The van der Waals surface area contributed by atoms with Crippen molar-refractivity contribution >= 4 is 27.6 Å². The van der Waals surface area contributed by atoms with Gasteiger partial charge in [0.25, 0.3) is 0 Å². The monoisotopic (exact) mass is 497 g/mol. The molecule has 0 aliphatic carbocycles. The molecule has 0 radical (unpaired) electrons. The minimum Gasteiger partial charge on any atom is -0.493 e. The number of hydrogen-bond donors (Lipinski definition) is 1. The summed E-state index contributed by atoms with van der Waals surface area (Å²) in [6.07, 6.45) is 2.96. The molecule has 35 heavy (non-hydrogen) atoms. The smallest absolute Gasteiger partial charge is 0.249 e. The Morgan fingerprint density at radius 2 is 1.74 bits per heavy atom. The Labute approximate surface area is 204 Å². The predicted octanol–water partition coefficient (Wildman–Crippen LogP) is 3.60. The molecule has 3 aromatic rings. The summed E-state index contributed by atoms with van der Waals surface area (Å²) in [5.74, 6) is 0.979. The molecule has 184 valence electrons. The zero-order chi connectivity index (χ0) is 25.3. The van der Waals surface area contributed by atoms with E-state index < -0.39 is 15.7 Å². The van der Waals surface area contributed by atoms with Gasteiger partial charge in [0.2, 0.25) is 11.7 Å². The van der Waals surface area contributed by atoms with Crippen molar-refractivity contribution in [3.8, 4) is 22.9 Å². The van der Waals surface area contributed by atoms with Crippen molar-refractivity contribution in [2.45, 2.75) is 25.4 Å². The maximum absolute atomic E-state index is 12.9. The zero-order valence-corrected chi connectivity index (χ0v) is 21.0. The number of benzene rings is 2. The van der Waals surface area contributed by atoms with E-state index in [0.29, 0.717) is 39.9 Å². The van der Waals surface area contributed by atoms with Crippen molar-refractivity contribution in [1.82, 2.24) is 9.78 Å². The van der Waals surface area contributed by atoms with Gasteiger partial charge in [-0.05, 0) is 54.8 Å². The molecule has 10 heteroatoms. The number of fused-ring (bicyclic) bond motifs is 1. The number of aromatic nitrogens is 2. The first-order chi connectivity index (χ1) is 16.7. The fourth-order valence-electron chi connectivity index (χ4n) is 4.04. The minimum absolute atomic E-state index is 0.148. The third-order valence-corrected chi connectivity index (χ3v) is 7.39. The second kappa shape index (κ2) is 9.46. The van der Waals surface area contributed by atoms with Crippen molar-refractivity contribution in [2.75, 3.05) is 26.6 Å². The van der Waals surface area contributed by atoms with Crippen molar-refractivity contribution in [1.29, 1.82) is 0 Å². The van der Waals surface area contributed by atoms with Crippen LogP contribution >= 0.6 is 0 Å². The van der Waals surface area contributed by atoms with E-state index in [4.69, 9.17) is 14.2 Å². The van der Waals surface area contributed by atoms with Gasteiger partial charge >= 0.3 is 0 Å². The van der Waals surface area contributed by atoms with Gasteiger partial charge in [0.05, 0.1) is 44.2 Å². The number of hydrogen-bond acceptors (Lipinski definition) is 7. The minimum atomic E-state index is -3.30. The van der Waals surface area contributed by atoms with Crippen molar-refractivity contribution < 1.29 is 27.4 Å². The lowest BCUT2D eigenvalue weighted by atomic mass is 10.1. The number of carbonyl (C=O) groups excluding carboxylic acids is 1. The number of amides is 1. The molecular weight excluding hydrogens is 470 g/mol. The Bertz CT molecular complexity index is 1410. The number of carbonyl (C=O) groups is 1. The standard InChI is InChI=1S/C25H27N3O6S/c1-15-7-6-8-20(16(15)2)28-25(18-13-35(30,31)14-19(18)27-28)26-23(29)10-9-17-11-21(32-3)24(34-5)22(12-17)33-4/h6-12H,13-14H2,1-5H3,(H,26,29). The van der Waals surface area contributed by atoms with Gasteiger partial charge < -0.3 is 19.5 Å². The van der Waals surface area contributed by atoms with Gasteiger partial charge in [-0.25, -0.2) is 13.1 Å². The summed E-state index contributed by atoms with van der Waals surface area (Å²) in [4.78, 5) is 12.9. The first-order valence-corrected chi connectivity index (χ1v) is 12.7. The molecular formula is C25H27N3O6S. The van der Waals surface area contributed by atoms with E-state index in [1.165, 1.54) is 27.4 Å². The van der Waals surface area contributed by atoms with Gasteiger partial charge in [0.15, 0.2) is 21.3 Å². The van der Waals surface area contributed by atoms with Crippen LogP contribution in [0.4, 0.5) is 5.82 Å². The SMILES string of the molecule is COc1cc(C=CC(=O)Nc2c3c(nn2-c2cccc(C)c2C)CS(=O)(=O)C3)cc(OC)c1OC. The highest BCUT2D eigenvalue weighted by Crippen LogP contribution is 2.38. The van der Waals surface area contributed by atoms with Crippen LogP contribution in [0.15, 0.2) is 36.4 Å². The number of nitrogens with one attached hydrogen (secondary N) is 1. The molecule has 0 saturated carbocycles. The predicted molar refractivity (Wildman–Crippen MR) is 133 cm³/mol. The molecule has 1 aromatic heterocycles. The van der Waals surface area contributed by atoms with E-state index in [1.54, 1.807) is 22.9 Å². The number of aryl methyl sites for hydroxylation is 1. The summed E-state index contributed by atoms with van der Waals surface area (Å²) >= 11 is 0. The van der Waals surface area contributed by atoms with E-state index in [2.05, 4.69) is 10.4 Å². The summed E-state index contributed by atoms with van der Waals surface area (Å²) in [6.45, 7) is 3.95. The molecule has 0 unspecified atom stereocenters. The van der Waals surface area contributed by atoms with Gasteiger partial charge in [-0.15, -0.1) is 0 Å². The van der Waals surface area contributed by atoms with Gasteiger partial charge in [-0.2, -0.15) is 5.10 Å². The zero-order valence-electron chi connectivity index (χ0n) is 20.2. The van der Waals surface area contributed by atoms with Crippen LogP contribution in [0.25, 0.3) is 11.8 Å². The highest BCUT2D eigenvalue weighted by atomic mass is 32.2. The normalized spacial score (nSPS) is 14.1. The highest BCUT2D eigenvalue weighted by Gasteiger charge is 2.33. The van der Waals surface area contributed by atoms with Crippen LogP contribution < -0.4 is 19.5 Å². The average molecular weight is 498 g/mol. The topological polar surface area (TPSA) is 109 Å². The maximum Gasteiger partial charge on any atom is 0.249 e. The fraction of sp³-hybridized carbons (Fsp3) is 0.280. The molecule has 0 bridgehead atoms. The van der Waals surface area contributed by atoms with Crippen LogP contribution in [-0.2, 0) is 26.1 Å². The first kappa shape index (κ1) is 24.3. The molecule has 1 amide bonds. The molecule has 0 atom stereocenters. The lowest BCUT2D eigenvalue weighted by Crippen LogP contribution is -2.15. The Morgan fingerprint density at radius 3 is 2.37 bits per heavy atom.